The second kappa shape index (κ2) is 9.16. The molecule has 0 aliphatic carbocycles. The quantitative estimate of drug-likeness (QED) is 0.336. The van der Waals surface area contributed by atoms with Crippen LogP contribution in [0.5, 0.6) is 0 Å². The topological polar surface area (TPSA) is 94.1 Å². The van der Waals surface area contributed by atoms with Gasteiger partial charge in [0.1, 0.15) is 0 Å². The summed E-state index contributed by atoms with van der Waals surface area (Å²) >= 11 is 0. The van der Waals surface area contributed by atoms with Gasteiger partial charge in [-0.3, -0.25) is 0 Å². The second-order valence-corrected chi connectivity index (χ2v) is 7.05. The van der Waals surface area contributed by atoms with E-state index in [2.05, 4.69) is 13.8 Å². The molecule has 6 nitrogen and oxygen atoms in total. The zero-order valence-corrected chi connectivity index (χ0v) is 18.4. The minimum Gasteiger partial charge on any atom is -0.658 e. The van der Waals surface area contributed by atoms with Crippen LogP contribution in [0.3, 0.4) is 0 Å². The van der Waals surface area contributed by atoms with Crippen LogP contribution in [0.2, 0.25) is 0 Å². The molecule has 5 rings (SSSR count). The van der Waals surface area contributed by atoms with E-state index in [0.717, 1.165) is 62.9 Å². The number of aromatic nitrogens is 4. The first kappa shape index (κ1) is 22.3. The fraction of sp³-hybridized carbons (Fsp3) is 0.125. The molecule has 31 heavy (non-hydrogen) atoms. The molecule has 0 N–H and O–H groups in total. The number of hydrogen-bond donors (Lipinski definition) is 0. The number of nitrogens with zero attached hydrogens (tertiary/aromatic N) is 4. The molecule has 0 atom stereocenters. The van der Waals surface area contributed by atoms with Crippen molar-refractivity contribution in [3.05, 3.63) is 70.3 Å². The predicted octanol–water partition coefficient (Wildman–Crippen LogP) is 3.28. The number of aliphatic carboxylic acids is 1. The van der Waals surface area contributed by atoms with Crippen LogP contribution in [-0.2, 0) is 21.9 Å². The molecule has 2 aliphatic rings. The Morgan fingerprint density at radius 2 is 1.19 bits per heavy atom. The van der Waals surface area contributed by atoms with Crippen LogP contribution in [-0.4, -0.2) is 15.9 Å². The third kappa shape index (κ3) is 5.02. The summed E-state index contributed by atoms with van der Waals surface area (Å²) in [6, 6.07) is 12.1. The number of carboxylic acids is 1. The number of hydrogen-bond acceptors (Lipinski definition) is 4. The molecule has 7 heteroatoms. The van der Waals surface area contributed by atoms with Crippen molar-refractivity contribution in [1.82, 2.24) is 19.9 Å². The van der Waals surface area contributed by atoms with E-state index < -0.39 is 5.97 Å². The van der Waals surface area contributed by atoms with E-state index in [1.54, 1.807) is 0 Å². The Morgan fingerprint density at radius 1 is 0.774 bits per heavy atom. The molecule has 3 aromatic heterocycles. The summed E-state index contributed by atoms with van der Waals surface area (Å²) in [6.45, 7) is 5.08. The number of carboxylic acid groups (broad SMARTS) is 1. The molecule has 0 saturated carbocycles. The number of carbonyl (C=O) groups is 1. The maximum atomic E-state index is 8.89. The van der Waals surface area contributed by atoms with Gasteiger partial charge in [0.25, 0.3) is 0 Å². The molecular weight excluding hydrogens is 431 g/mol. The maximum Gasteiger partial charge on any atom is 3.00 e. The molecule has 0 spiro atoms. The first-order valence-corrected chi connectivity index (χ1v) is 9.49. The van der Waals surface area contributed by atoms with E-state index in [9.17, 15) is 0 Å². The fourth-order valence-corrected chi connectivity index (χ4v) is 3.23. The zero-order chi connectivity index (χ0) is 21.3. The average Bonchev–Trinajstić information content (AvgIpc) is 3.48. The van der Waals surface area contributed by atoms with Crippen LogP contribution in [0, 0.1) is 13.8 Å². The molecule has 3 aromatic rings. The molecule has 0 radical (unpaired) electrons. The van der Waals surface area contributed by atoms with Gasteiger partial charge in [-0.15, -0.1) is 22.1 Å². The smallest absolute Gasteiger partial charge is 0.658 e. The van der Waals surface area contributed by atoms with E-state index in [4.69, 9.17) is 29.8 Å². The largest absolute Gasteiger partial charge is 3.00 e. The van der Waals surface area contributed by atoms with Crippen molar-refractivity contribution in [2.75, 3.05) is 0 Å². The molecule has 2 aliphatic heterocycles. The summed E-state index contributed by atoms with van der Waals surface area (Å²) in [5.41, 5.74) is 9.50. The van der Waals surface area contributed by atoms with Crippen molar-refractivity contribution < 1.29 is 27.0 Å². The van der Waals surface area contributed by atoms with Crippen molar-refractivity contribution >= 4 is 52.3 Å². The molecule has 0 saturated heterocycles. The Bertz CT molecular complexity index is 1260. The van der Waals surface area contributed by atoms with E-state index in [1.807, 2.05) is 60.7 Å². The molecule has 8 bridgehead atoms. The summed E-state index contributed by atoms with van der Waals surface area (Å²) < 4.78 is 0. The van der Waals surface area contributed by atoms with Gasteiger partial charge in [0, 0.05) is 11.5 Å². The summed E-state index contributed by atoms with van der Waals surface area (Å²) in [6.07, 6.45) is 8.09. The van der Waals surface area contributed by atoms with Crippen LogP contribution in [0.25, 0.3) is 46.4 Å². The first-order chi connectivity index (χ1) is 14.4. The van der Waals surface area contributed by atoms with Gasteiger partial charge in [0.15, 0.2) is 0 Å². The van der Waals surface area contributed by atoms with Gasteiger partial charge in [-0.05, 0) is 45.1 Å². The molecule has 5 heterocycles. The van der Waals surface area contributed by atoms with Crippen LogP contribution in [0.4, 0.5) is 0 Å². The van der Waals surface area contributed by atoms with E-state index in [-0.39, 0.29) is 17.1 Å². The van der Waals surface area contributed by atoms with Gasteiger partial charge in [-0.2, -0.15) is 0 Å². The van der Waals surface area contributed by atoms with Gasteiger partial charge in [-0.25, -0.2) is 9.97 Å². The van der Waals surface area contributed by atoms with Crippen LogP contribution in [0.15, 0.2) is 36.4 Å². The minimum absolute atomic E-state index is 0. The van der Waals surface area contributed by atoms with Gasteiger partial charge < -0.3 is 19.9 Å². The van der Waals surface area contributed by atoms with Crippen molar-refractivity contribution in [3.63, 3.8) is 0 Å². The molecule has 0 fully saturated rings. The van der Waals surface area contributed by atoms with Crippen LogP contribution >= 0.6 is 0 Å². The summed E-state index contributed by atoms with van der Waals surface area (Å²) in [5, 5.41) is 8.89. The Balaban J connectivity index is 0.000000504. The van der Waals surface area contributed by atoms with Crippen LogP contribution in [0.1, 0.15) is 40.8 Å². The van der Waals surface area contributed by atoms with E-state index in [0.29, 0.717) is 0 Å². The van der Waals surface area contributed by atoms with Crippen LogP contribution < -0.4 is 15.1 Å². The number of fused-ring (bicyclic) bond motifs is 8. The minimum atomic E-state index is -1.08. The molecule has 154 valence electrons. The number of carbonyl (C=O) groups excluding carboxylic acids is 1. The first-order valence-electron chi connectivity index (χ1n) is 9.49. The summed E-state index contributed by atoms with van der Waals surface area (Å²) in [7, 11) is 0. The SMILES string of the molecule is CC(=O)[O-].Cc1c2nc(cc3ccc([n-]3)c(C)c3ccc(cc4nc1C=C4)[n-]3)C=C2.[Mn+3]. The maximum absolute atomic E-state index is 8.89. The van der Waals surface area contributed by atoms with Crippen molar-refractivity contribution in [2.45, 2.75) is 20.8 Å². The third-order valence-corrected chi connectivity index (χ3v) is 4.77. The Morgan fingerprint density at radius 3 is 1.61 bits per heavy atom. The number of aryl methyl sites for hydroxylation is 1. The van der Waals surface area contributed by atoms with Crippen molar-refractivity contribution in [3.8, 4) is 0 Å². The van der Waals surface area contributed by atoms with E-state index in [1.165, 1.54) is 0 Å². The second-order valence-electron chi connectivity index (χ2n) is 7.05. The molecule has 0 unspecified atom stereocenters. The van der Waals surface area contributed by atoms with E-state index >= 15 is 0 Å². The van der Waals surface area contributed by atoms with Gasteiger partial charge in [0.05, 0.1) is 22.8 Å². The molecular formula is C24H19MnN4O2. The van der Waals surface area contributed by atoms with Crippen molar-refractivity contribution in [1.29, 1.82) is 0 Å². The fourth-order valence-electron chi connectivity index (χ4n) is 3.23. The Kier molecular flexibility index (Phi) is 6.59. The zero-order valence-electron chi connectivity index (χ0n) is 17.3. The van der Waals surface area contributed by atoms with Gasteiger partial charge >= 0.3 is 17.1 Å². The van der Waals surface area contributed by atoms with Crippen molar-refractivity contribution in [2.24, 2.45) is 0 Å². The van der Waals surface area contributed by atoms with Gasteiger partial charge in [0.2, 0.25) is 0 Å². The molecule has 0 aromatic carbocycles. The summed E-state index contributed by atoms with van der Waals surface area (Å²) in [5.74, 6) is -1.08. The summed E-state index contributed by atoms with van der Waals surface area (Å²) in [4.78, 5) is 27.8. The average molecular weight is 450 g/mol. The monoisotopic (exact) mass is 450 g/mol. The Hall–Kier alpha value is -3.41. The Labute approximate surface area is 190 Å². The number of rotatable bonds is 0. The van der Waals surface area contributed by atoms with Gasteiger partial charge in [-0.1, -0.05) is 42.0 Å². The standard InChI is InChI=1S/C22H16N4.C2H4O2.Mn/c1-13-19-7-3-15(23-19)11-17-5-9-21(25-17)14(2)22-10-6-18(26-22)12-16-4-8-20(13)24-16;1-2(3)4;/h3-12H,1-2H3;1H3,(H,3,4);/q-2;;+3/p-1. The molecule has 0 amide bonds. The normalized spacial score (nSPS) is 11.5. The predicted molar refractivity (Wildman–Crippen MR) is 117 cm³/mol. The third-order valence-electron chi connectivity index (χ3n) is 4.77.